The zero-order valence-electron chi connectivity index (χ0n) is 8.45. The highest BCUT2D eigenvalue weighted by atomic mass is 15.3. The molecule has 1 aromatic heterocycles. The first-order valence-electron chi connectivity index (χ1n) is 5.37. The highest BCUT2D eigenvalue weighted by Gasteiger charge is 2.12. The van der Waals surface area contributed by atoms with Gasteiger partial charge < -0.3 is 10.6 Å². The van der Waals surface area contributed by atoms with Crippen molar-refractivity contribution in [2.45, 2.75) is 25.4 Å². The van der Waals surface area contributed by atoms with Crippen molar-refractivity contribution in [2.75, 3.05) is 19.6 Å². The van der Waals surface area contributed by atoms with Crippen molar-refractivity contribution >= 4 is 0 Å². The standard InChI is InChI=1S/C10H18N4/c1-3-10(12-4-1)9-11-6-8-14-7-2-5-13-14/h2,5,7,10-12H,1,3-4,6,8-9H2. The lowest BCUT2D eigenvalue weighted by Crippen LogP contribution is -2.35. The smallest absolute Gasteiger partial charge is 0.0533 e. The second-order valence-electron chi connectivity index (χ2n) is 3.77. The van der Waals surface area contributed by atoms with E-state index in [9.17, 15) is 0 Å². The minimum absolute atomic E-state index is 0.688. The maximum atomic E-state index is 4.15. The lowest BCUT2D eigenvalue weighted by Gasteiger charge is -2.11. The molecule has 1 unspecified atom stereocenters. The van der Waals surface area contributed by atoms with Gasteiger partial charge in [-0.1, -0.05) is 0 Å². The van der Waals surface area contributed by atoms with Gasteiger partial charge in [-0.3, -0.25) is 4.68 Å². The van der Waals surface area contributed by atoms with E-state index in [-0.39, 0.29) is 0 Å². The summed E-state index contributed by atoms with van der Waals surface area (Å²) in [6.45, 7) is 4.23. The molecular formula is C10H18N4. The SMILES string of the molecule is c1cnn(CCNCC2CCCN2)c1. The number of hydrogen-bond donors (Lipinski definition) is 2. The molecule has 0 aliphatic carbocycles. The lowest BCUT2D eigenvalue weighted by atomic mass is 10.2. The van der Waals surface area contributed by atoms with Gasteiger partial charge in [-0.05, 0) is 25.5 Å². The first kappa shape index (κ1) is 9.68. The van der Waals surface area contributed by atoms with Crippen molar-refractivity contribution < 1.29 is 0 Å². The first-order valence-corrected chi connectivity index (χ1v) is 5.37. The molecule has 0 saturated carbocycles. The molecule has 2 rings (SSSR count). The van der Waals surface area contributed by atoms with Gasteiger partial charge in [-0.25, -0.2) is 0 Å². The van der Waals surface area contributed by atoms with E-state index < -0.39 is 0 Å². The van der Waals surface area contributed by atoms with Gasteiger partial charge in [0.2, 0.25) is 0 Å². The summed E-state index contributed by atoms with van der Waals surface area (Å²) in [6, 6.07) is 2.64. The van der Waals surface area contributed by atoms with Gasteiger partial charge in [-0.2, -0.15) is 5.10 Å². The van der Waals surface area contributed by atoms with E-state index in [1.54, 1.807) is 0 Å². The third-order valence-electron chi connectivity index (χ3n) is 2.63. The predicted octanol–water partition coefficient (Wildman–Crippen LogP) is 0.225. The fourth-order valence-corrected chi connectivity index (χ4v) is 1.83. The van der Waals surface area contributed by atoms with Crippen molar-refractivity contribution in [3.63, 3.8) is 0 Å². The van der Waals surface area contributed by atoms with Crippen molar-refractivity contribution in [1.82, 2.24) is 20.4 Å². The molecule has 78 valence electrons. The molecule has 1 aromatic rings. The number of nitrogens with zero attached hydrogens (tertiary/aromatic N) is 2. The summed E-state index contributed by atoms with van der Waals surface area (Å²) in [5.74, 6) is 0. The second kappa shape index (κ2) is 5.12. The Labute approximate surface area is 84.7 Å². The van der Waals surface area contributed by atoms with Gasteiger partial charge in [0.25, 0.3) is 0 Å². The molecule has 1 saturated heterocycles. The average molecular weight is 194 g/mol. The van der Waals surface area contributed by atoms with E-state index in [0.717, 1.165) is 19.6 Å². The van der Waals surface area contributed by atoms with Crippen LogP contribution in [0.3, 0.4) is 0 Å². The summed E-state index contributed by atoms with van der Waals surface area (Å²) in [5, 5.41) is 11.1. The summed E-state index contributed by atoms with van der Waals surface area (Å²) < 4.78 is 1.95. The van der Waals surface area contributed by atoms with E-state index in [2.05, 4.69) is 15.7 Å². The monoisotopic (exact) mass is 194 g/mol. The summed E-state index contributed by atoms with van der Waals surface area (Å²) in [4.78, 5) is 0. The molecule has 2 N–H and O–H groups in total. The molecular weight excluding hydrogens is 176 g/mol. The number of hydrogen-bond acceptors (Lipinski definition) is 3. The van der Waals surface area contributed by atoms with Crippen LogP contribution >= 0.6 is 0 Å². The molecule has 1 fully saturated rings. The van der Waals surface area contributed by atoms with Crippen LogP contribution in [-0.2, 0) is 6.54 Å². The highest BCUT2D eigenvalue weighted by molar-refractivity contribution is 4.78. The quantitative estimate of drug-likeness (QED) is 0.659. The largest absolute Gasteiger partial charge is 0.313 e. The molecule has 0 radical (unpaired) electrons. The van der Waals surface area contributed by atoms with E-state index in [0.29, 0.717) is 6.04 Å². The molecule has 1 aliphatic rings. The Morgan fingerprint density at radius 1 is 1.57 bits per heavy atom. The highest BCUT2D eigenvalue weighted by Crippen LogP contribution is 2.02. The van der Waals surface area contributed by atoms with Crippen molar-refractivity contribution in [2.24, 2.45) is 0 Å². The second-order valence-corrected chi connectivity index (χ2v) is 3.77. The fourth-order valence-electron chi connectivity index (χ4n) is 1.83. The molecule has 14 heavy (non-hydrogen) atoms. The van der Waals surface area contributed by atoms with Crippen LogP contribution in [0.25, 0.3) is 0 Å². The first-order chi connectivity index (χ1) is 6.95. The van der Waals surface area contributed by atoms with Crippen LogP contribution in [-0.4, -0.2) is 35.5 Å². The Morgan fingerprint density at radius 3 is 3.29 bits per heavy atom. The Bertz CT molecular complexity index is 239. The van der Waals surface area contributed by atoms with E-state index in [4.69, 9.17) is 0 Å². The van der Waals surface area contributed by atoms with E-state index in [1.807, 2.05) is 23.1 Å². The van der Waals surface area contributed by atoms with Crippen LogP contribution in [0, 0.1) is 0 Å². The molecule has 0 bridgehead atoms. The third-order valence-corrected chi connectivity index (χ3v) is 2.63. The Balaban J connectivity index is 1.55. The fraction of sp³-hybridized carbons (Fsp3) is 0.700. The number of aromatic nitrogens is 2. The molecule has 0 spiro atoms. The molecule has 4 heteroatoms. The Hall–Kier alpha value is -0.870. The third kappa shape index (κ3) is 2.82. The summed E-state index contributed by atoms with van der Waals surface area (Å²) in [5.41, 5.74) is 0. The topological polar surface area (TPSA) is 41.9 Å². The minimum atomic E-state index is 0.688. The molecule has 1 atom stereocenters. The van der Waals surface area contributed by atoms with Crippen LogP contribution in [0.2, 0.25) is 0 Å². The predicted molar refractivity (Wildman–Crippen MR) is 56.1 cm³/mol. The van der Waals surface area contributed by atoms with Crippen LogP contribution in [0.5, 0.6) is 0 Å². The van der Waals surface area contributed by atoms with E-state index in [1.165, 1.54) is 19.4 Å². The normalized spacial score (nSPS) is 21.6. The summed E-state index contributed by atoms with van der Waals surface area (Å²) in [7, 11) is 0. The molecule has 1 aliphatic heterocycles. The van der Waals surface area contributed by atoms with Crippen molar-refractivity contribution in [1.29, 1.82) is 0 Å². The molecule has 2 heterocycles. The minimum Gasteiger partial charge on any atom is -0.313 e. The van der Waals surface area contributed by atoms with Crippen molar-refractivity contribution in [3.05, 3.63) is 18.5 Å². The van der Waals surface area contributed by atoms with Crippen LogP contribution in [0.4, 0.5) is 0 Å². The molecule has 4 nitrogen and oxygen atoms in total. The maximum Gasteiger partial charge on any atom is 0.0533 e. The molecule has 0 aromatic carbocycles. The Kier molecular flexibility index (Phi) is 3.54. The molecule has 0 amide bonds. The van der Waals surface area contributed by atoms with Crippen molar-refractivity contribution in [3.8, 4) is 0 Å². The van der Waals surface area contributed by atoms with Crippen LogP contribution in [0.1, 0.15) is 12.8 Å². The number of rotatable bonds is 5. The average Bonchev–Trinajstić information content (AvgIpc) is 2.86. The summed E-state index contributed by atoms with van der Waals surface area (Å²) in [6.07, 6.45) is 6.45. The summed E-state index contributed by atoms with van der Waals surface area (Å²) >= 11 is 0. The zero-order chi connectivity index (χ0) is 9.64. The van der Waals surface area contributed by atoms with Crippen LogP contribution < -0.4 is 10.6 Å². The van der Waals surface area contributed by atoms with Gasteiger partial charge >= 0.3 is 0 Å². The zero-order valence-corrected chi connectivity index (χ0v) is 8.45. The van der Waals surface area contributed by atoms with Gasteiger partial charge in [0, 0.05) is 31.5 Å². The maximum absolute atomic E-state index is 4.15. The van der Waals surface area contributed by atoms with Gasteiger partial charge in [0.05, 0.1) is 6.54 Å². The van der Waals surface area contributed by atoms with Crippen LogP contribution in [0.15, 0.2) is 18.5 Å². The van der Waals surface area contributed by atoms with Gasteiger partial charge in [-0.15, -0.1) is 0 Å². The number of nitrogens with one attached hydrogen (secondary N) is 2. The van der Waals surface area contributed by atoms with E-state index >= 15 is 0 Å². The lowest BCUT2D eigenvalue weighted by molar-refractivity contribution is 0.500. The Morgan fingerprint density at radius 2 is 2.57 bits per heavy atom. The van der Waals surface area contributed by atoms with Gasteiger partial charge in [0.15, 0.2) is 0 Å². The van der Waals surface area contributed by atoms with Gasteiger partial charge in [0.1, 0.15) is 0 Å².